The van der Waals surface area contributed by atoms with Crippen LogP contribution in [-0.2, 0) is 14.1 Å². The fraction of sp³-hybridized carbons (Fsp3) is 1.00. The van der Waals surface area contributed by atoms with Crippen molar-refractivity contribution >= 4 is 19.6 Å². The molecule has 0 aromatic rings. The zero-order valence-corrected chi connectivity index (χ0v) is 12.2. The summed E-state index contributed by atoms with van der Waals surface area (Å²) in [5, 5.41) is 0. The standard InChI is InChI=1S/C10H23O5PS/c1-3-4-5-6-7-8-9-17-10(2)14-15-16(11,12)13/h10H,3-9H2,1-2H3,(H2,11,12,13). The summed E-state index contributed by atoms with van der Waals surface area (Å²) >= 11 is 1.49. The van der Waals surface area contributed by atoms with E-state index in [0.29, 0.717) is 0 Å². The number of hydrogen-bond acceptors (Lipinski definition) is 4. The predicted molar refractivity (Wildman–Crippen MR) is 69.5 cm³/mol. The molecule has 0 spiro atoms. The van der Waals surface area contributed by atoms with Crippen molar-refractivity contribution in [3.05, 3.63) is 0 Å². The monoisotopic (exact) mass is 286 g/mol. The van der Waals surface area contributed by atoms with Gasteiger partial charge in [0.1, 0.15) is 5.44 Å². The van der Waals surface area contributed by atoms with Crippen molar-refractivity contribution in [2.24, 2.45) is 0 Å². The fourth-order valence-corrected chi connectivity index (χ4v) is 2.37. The Morgan fingerprint density at radius 2 is 1.76 bits per heavy atom. The molecular formula is C10H23O5PS. The average molecular weight is 286 g/mol. The molecule has 0 rings (SSSR count). The lowest BCUT2D eigenvalue weighted by atomic mass is 10.1. The summed E-state index contributed by atoms with van der Waals surface area (Å²) < 4.78 is 14.3. The maximum atomic E-state index is 10.4. The number of unbranched alkanes of at least 4 members (excludes halogenated alkanes) is 5. The van der Waals surface area contributed by atoms with Crippen molar-refractivity contribution in [2.45, 2.75) is 57.8 Å². The summed E-state index contributed by atoms with van der Waals surface area (Å²) in [6, 6.07) is 0. The van der Waals surface area contributed by atoms with Crippen molar-refractivity contribution < 1.29 is 23.9 Å². The van der Waals surface area contributed by atoms with Crippen molar-refractivity contribution in [2.75, 3.05) is 5.75 Å². The molecule has 0 aliphatic rings. The van der Waals surface area contributed by atoms with Gasteiger partial charge in [0.25, 0.3) is 0 Å². The van der Waals surface area contributed by atoms with E-state index in [1.54, 1.807) is 6.92 Å². The third-order valence-electron chi connectivity index (χ3n) is 2.13. The molecule has 5 nitrogen and oxygen atoms in total. The highest BCUT2D eigenvalue weighted by molar-refractivity contribution is 7.99. The van der Waals surface area contributed by atoms with Gasteiger partial charge in [-0.05, 0) is 19.1 Å². The Morgan fingerprint density at radius 1 is 1.18 bits per heavy atom. The number of rotatable bonds is 11. The Morgan fingerprint density at radius 3 is 2.35 bits per heavy atom. The lowest BCUT2D eigenvalue weighted by Crippen LogP contribution is -2.04. The molecule has 0 amide bonds. The summed E-state index contributed by atoms with van der Waals surface area (Å²) in [5.41, 5.74) is -0.363. The lowest BCUT2D eigenvalue weighted by Gasteiger charge is -2.11. The fourth-order valence-electron chi connectivity index (χ4n) is 1.28. The van der Waals surface area contributed by atoms with Crippen LogP contribution < -0.4 is 0 Å². The molecule has 0 saturated carbocycles. The van der Waals surface area contributed by atoms with Crippen LogP contribution in [0.25, 0.3) is 0 Å². The summed E-state index contributed by atoms with van der Waals surface area (Å²) in [4.78, 5) is 21.4. The van der Waals surface area contributed by atoms with E-state index in [-0.39, 0.29) is 5.44 Å². The lowest BCUT2D eigenvalue weighted by molar-refractivity contribution is -0.229. The number of phosphoric acid groups is 1. The molecule has 2 N–H and O–H groups in total. The van der Waals surface area contributed by atoms with E-state index in [1.807, 2.05) is 0 Å². The van der Waals surface area contributed by atoms with E-state index < -0.39 is 7.82 Å². The SMILES string of the molecule is CCCCCCCCSC(C)OOP(=O)(O)O. The van der Waals surface area contributed by atoms with Gasteiger partial charge >= 0.3 is 7.82 Å². The van der Waals surface area contributed by atoms with Gasteiger partial charge in [-0.3, -0.25) is 0 Å². The van der Waals surface area contributed by atoms with E-state index in [1.165, 1.54) is 43.9 Å². The van der Waals surface area contributed by atoms with Gasteiger partial charge in [-0.25, -0.2) is 9.45 Å². The largest absolute Gasteiger partial charge is 0.496 e. The van der Waals surface area contributed by atoms with Crippen LogP contribution in [-0.4, -0.2) is 21.0 Å². The van der Waals surface area contributed by atoms with Crippen LogP contribution in [0.1, 0.15) is 52.4 Å². The van der Waals surface area contributed by atoms with E-state index in [0.717, 1.165) is 12.2 Å². The molecule has 0 aromatic heterocycles. The molecule has 0 saturated heterocycles. The van der Waals surface area contributed by atoms with E-state index in [4.69, 9.17) is 9.79 Å². The topological polar surface area (TPSA) is 76.0 Å². The Hall–Kier alpha value is 0.420. The minimum atomic E-state index is -4.51. The molecule has 7 heteroatoms. The maximum absolute atomic E-state index is 10.4. The van der Waals surface area contributed by atoms with Crippen molar-refractivity contribution in [1.29, 1.82) is 0 Å². The normalized spacial score (nSPS) is 13.9. The van der Waals surface area contributed by atoms with Gasteiger partial charge in [0.05, 0.1) is 0 Å². The van der Waals surface area contributed by atoms with Crippen molar-refractivity contribution in [1.82, 2.24) is 0 Å². The van der Waals surface area contributed by atoms with Gasteiger partial charge in [-0.2, -0.15) is 0 Å². The number of thioether (sulfide) groups is 1. The first-order valence-electron chi connectivity index (χ1n) is 5.98. The summed E-state index contributed by atoms with van der Waals surface area (Å²) in [7, 11) is -4.51. The zero-order valence-electron chi connectivity index (χ0n) is 10.5. The third kappa shape index (κ3) is 14.4. The highest BCUT2D eigenvalue weighted by atomic mass is 32.2. The van der Waals surface area contributed by atoms with E-state index in [9.17, 15) is 4.57 Å². The molecule has 0 fully saturated rings. The van der Waals surface area contributed by atoms with Gasteiger partial charge in [-0.1, -0.05) is 39.0 Å². The first-order chi connectivity index (χ1) is 7.95. The Kier molecular flexibility index (Phi) is 10.6. The van der Waals surface area contributed by atoms with Crippen LogP contribution in [0.4, 0.5) is 0 Å². The summed E-state index contributed by atoms with van der Waals surface area (Å²) in [5.74, 6) is 0.914. The highest BCUT2D eigenvalue weighted by Gasteiger charge is 2.17. The van der Waals surface area contributed by atoms with E-state index in [2.05, 4.69) is 16.5 Å². The van der Waals surface area contributed by atoms with Gasteiger partial charge in [0.15, 0.2) is 0 Å². The maximum Gasteiger partial charge on any atom is 0.496 e. The van der Waals surface area contributed by atoms with Crippen LogP contribution in [0.15, 0.2) is 0 Å². The third-order valence-corrected chi connectivity index (χ3v) is 3.48. The zero-order chi connectivity index (χ0) is 13.1. The minimum Gasteiger partial charge on any atom is -0.301 e. The molecule has 0 aliphatic heterocycles. The molecule has 104 valence electrons. The van der Waals surface area contributed by atoms with E-state index >= 15 is 0 Å². The second kappa shape index (κ2) is 10.4. The molecular weight excluding hydrogens is 263 g/mol. The van der Waals surface area contributed by atoms with Gasteiger partial charge in [-0.15, -0.1) is 16.4 Å². The average Bonchev–Trinajstić information content (AvgIpc) is 2.24. The molecule has 1 atom stereocenters. The van der Waals surface area contributed by atoms with Gasteiger partial charge in [0, 0.05) is 0 Å². The molecule has 0 bridgehead atoms. The first-order valence-corrected chi connectivity index (χ1v) is 8.56. The van der Waals surface area contributed by atoms with Gasteiger partial charge in [0.2, 0.25) is 0 Å². The Labute approximate surface area is 107 Å². The Balaban J connectivity index is 3.28. The predicted octanol–water partition coefficient (Wildman–Crippen LogP) is 3.47. The second-order valence-electron chi connectivity index (χ2n) is 3.87. The number of hydrogen-bond donors (Lipinski definition) is 2. The van der Waals surface area contributed by atoms with Crippen LogP contribution >= 0.6 is 19.6 Å². The highest BCUT2D eigenvalue weighted by Crippen LogP contribution is 2.37. The second-order valence-corrected chi connectivity index (χ2v) is 6.40. The smallest absolute Gasteiger partial charge is 0.301 e. The minimum absolute atomic E-state index is 0.363. The molecule has 0 radical (unpaired) electrons. The van der Waals surface area contributed by atoms with Crippen molar-refractivity contribution in [3.63, 3.8) is 0 Å². The molecule has 17 heavy (non-hydrogen) atoms. The molecule has 1 unspecified atom stereocenters. The first kappa shape index (κ1) is 17.4. The van der Waals surface area contributed by atoms with Crippen LogP contribution in [0.5, 0.6) is 0 Å². The summed E-state index contributed by atoms with van der Waals surface area (Å²) in [6.07, 6.45) is 7.37. The van der Waals surface area contributed by atoms with Crippen molar-refractivity contribution in [3.8, 4) is 0 Å². The van der Waals surface area contributed by atoms with Gasteiger partial charge < -0.3 is 9.79 Å². The molecule has 0 aliphatic carbocycles. The molecule has 0 aromatic carbocycles. The van der Waals surface area contributed by atoms with Crippen LogP contribution in [0.3, 0.4) is 0 Å². The van der Waals surface area contributed by atoms with Crippen LogP contribution in [0, 0.1) is 0 Å². The Bertz CT molecular complexity index is 221. The summed E-state index contributed by atoms with van der Waals surface area (Å²) in [6.45, 7) is 3.90. The van der Waals surface area contributed by atoms with Crippen LogP contribution in [0.2, 0.25) is 0 Å². The molecule has 0 heterocycles. The quantitative estimate of drug-likeness (QED) is 0.199.